The van der Waals surface area contributed by atoms with Gasteiger partial charge in [0.25, 0.3) is 0 Å². The summed E-state index contributed by atoms with van der Waals surface area (Å²) in [5.74, 6) is 0.353. The molecule has 0 spiro atoms. The van der Waals surface area contributed by atoms with Gasteiger partial charge in [0.2, 0.25) is 0 Å². The van der Waals surface area contributed by atoms with E-state index < -0.39 is 5.41 Å². The molecule has 4 heteroatoms. The zero-order valence-electron chi connectivity index (χ0n) is 9.96. The van der Waals surface area contributed by atoms with Crippen molar-refractivity contribution in [3.05, 3.63) is 29.6 Å². The van der Waals surface area contributed by atoms with Crippen LogP contribution < -0.4 is 4.74 Å². The van der Waals surface area contributed by atoms with Gasteiger partial charge in [0.1, 0.15) is 17.3 Å². The van der Waals surface area contributed by atoms with Crippen LogP contribution in [0.25, 0.3) is 0 Å². The van der Waals surface area contributed by atoms with Crippen LogP contribution in [-0.2, 0) is 14.9 Å². The van der Waals surface area contributed by atoms with E-state index in [4.69, 9.17) is 9.47 Å². The fourth-order valence-electron chi connectivity index (χ4n) is 2.27. The zero-order chi connectivity index (χ0) is 12.5. The van der Waals surface area contributed by atoms with Crippen molar-refractivity contribution in [2.24, 2.45) is 0 Å². The van der Waals surface area contributed by atoms with E-state index in [1.807, 2.05) is 0 Å². The fraction of sp³-hybridized carbons (Fsp3) is 0.462. The number of ether oxygens (including phenoxy) is 2. The fourth-order valence-corrected chi connectivity index (χ4v) is 2.27. The molecule has 0 radical (unpaired) electrons. The number of carbonyl (C=O) groups is 1. The van der Waals surface area contributed by atoms with E-state index in [-0.39, 0.29) is 11.6 Å². The number of halogens is 1. The van der Waals surface area contributed by atoms with Crippen LogP contribution in [0.15, 0.2) is 18.2 Å². The van der Waals surface area contributed by atoms with Gasteiger partial charge in [-0.2, -0.15) is 0 Å². The lowest BCUT2D eigenvalue weighted by Gasteiger charge is -2.42. The first kappa shape index (κ1) is 12.0. The lowest BCUT2D eigenvalue weighted by atomic mass is 9.74. The molecule has 0 aromatic heterocycles. The molecule has 1 aliphatic heterocycles. The smallest absolute Gasteiger partial charge is 0.130 e. The largest absolute Gasteiger partial charge is 0.496 e. The maximum atomic E-state index is 13.3. The molecule has 92 valence electrons. The highest BCUT2D eigenvalue weighted by Crippen LogP contribution is 2.41. The summed E-state index contributed by atoms with van der Waals surface area (Å²) in [6, 6.07) is 4.37. The Morgan fingerprint density at radius 1 is 1.53 bits per heavy atom. The Hall–Kier alpha value is -1.42. The predicted molar refractivity (Wildman–Crippen MR) is 60.7 cm³/mol. The van der Waals surface area contributed by atoms with Crippen molar-refractivity contribution in [3.8, 4) is 5.75 Å². The van der Waals surface area contributed by atoms with Gasteiger partial charge in [-0.15, -0.1) is 0 Å². The molecule has 1 saturated heterocycles. The minimum atomic E-state index is -0.417. The third-order valence-corrected chi connectivity index (χ3v) is 3.08. The van der Waals surface area contributed by atoms with Crippen molar-refractivity contribution < 1.29 is 18.7 Å². The second-order valence-electron chi connectivity index (χ2n) is 4.50. The number of carbonyl (C=O) groups excluding carboxylic acids is 1. The van der Waals surface area contributed by atoms with E-state index in [1.165, 1.54) is 26.2 Å². The third kappa shape index (κ3) is 2.17. The number of benzene rings is 1. The van der Waals surface area contributed by atoms with Crippen molar-refractivity contribution in [3.63, 3.8) is 0 Å². The lowest BCUT2D eigenvalue weighted by molar-refractivity contribution is -0.125. The maximum absolute atomic E-state index is 13.3. The average Bonchev–Trinajstić information content (AvgIpc) is 2.23. The average molecular weight is 238 g/mol. The molecule has 1 fully saturated rings. The van der Waals surface area contributed by atoms with Crippen molar-refractivity contribution >= 4 is 5.78 Å². The van der Waals surface area contributed by atoms with Crippen LogP contribution in [0.5, 0.6) is 5.75 Å². The van der Waals surface area contributed by atoms with E-state index in [1.54, 1.807) is 6.07 Å². The molecular weight excluding hydrogens is 223 g/mol. The van der Waals surface area contributed by atoms with Crippen molar-refractivity contribution in [1.29, 1.82) is 0 Å². The Bertz CT molecular complexity index is 438. The number of rotatable bonds is 4. The molecular formula is C13H15FO3. The number of Topliss-reactive ketones (excluding diaryl/α,β-unsaturated/α-hetero) is 1. The highest BCUT2D eigenvalue weighted by molar-refractivity contribution is 5.77. The minimum absolute atomic E-state index is 0.0691. The summed E-state index contributed by atoms with van der Waals surface area (Å²) in [7, 11) is 1.54. The zero-order valence-corrected chi connectivity index (χ0v) is 9.96. The first-order chi connectivity index (χ1) is 8.07. The summed E-state index contributed by atoms with van der Waals surface area (Å²) in [5, 5.41) is 0. The maximum Gasteiger partial charge on any atom is 0.130 e. The molecule has 17 heavy (non-hydrogen) atoms. The van der Waals surface area contributed by atoms with Gasteiger partial charge < -0.3 is 9.47 Å². The van der Waals surface area contributed by atoms with Crippen LogP contribution >= 0.6 is 0 Å². The van der Waals surface area contributed by atoms with Gasteiger partial charge in [-0.1, -0.05) is 0 Å². The van der Waals surface area contributed by atoms with Gasteiger partial charge >= 0.3 is 0 Å². The van der Waals surface area contributed by atoms with Crippen LogP contribution in [0, 0.1) is 5.82 Å². The molecule has 1 heterocycles. The molecule has 1 aliphatic rings. The Kier molecular flexibility index (Phi) is 3.15. The number of hydrogen-bond acceptors (Lipinski definition) is 3. The van der Waals surface area contributed by atoms with E-state index in [0.29, 0.717) is 25.4 Å². The monoisotopic (exact) mass is 238 g/mol. The van der Waals surface area contributed by atoms with Crippen molar-refractivity contribution in [1.82, 2.24) is 0 Å². The molecule has 2 rings (SSSR count). The Morgan fingerprint density at radius 2 is 2.24 bits per heavy atom. The highest BCUT2D eigenvalue weighted by Gasteiger charge is 2.43. The molecule has 0 unspecified atom stereocenters. The first-order valence-electron chi connectivity index (χ1n) is 5.49. The minimum Gasteiger partial charge on any atom is -0.496 e. The van der Waals surface area contributed by atoms with E-state index >= 15 is 0 Å². The van der Waals surface area contributed by atoms with Gasteiger partial charge in [0, 0.05) is 12.0 Å². The summed E-state index contributed by atoms with van der Waals surface area (Å²) >= 11 is 0. The summed E-state index contributed by atoms with van der Waals surface area (Å²) in [6.07, 6.45) is 0.354. The van der Waals surface area contributed by atoms with Crippen LogP contribution in [0.2, 0.25) is 0 Å². The molecule has 0 amide bonds. The van der Waals surface area contributed by atoms with Crippen LogP contribution in [0.3, 0.4) is 0 Å². The molecule has 0 atom stereocenters. The second kappa shape index (κ2) is 4.45. The van der Waals surface area contributed by atoms with Crippen molar-refractivity contribution in [2.45, 2.75) is 18.8 Å². The summed E-state index contributed by atoms with van der Waals surface area (Å²) in [4.78, 5) is 11.3. The van der Waals surface area contributed by atoms with E-state index in [0.717, 1.165) is 5.56 Å². The lowest BCUT2D eigenvalue weighted by Crippen LogP contribution is -2.48. The molecule has 0 saturated carbocycles. The molecule has 1 aromatic carbocycles. The first-order valence-corrected chi connectivity index (χ1v) is 5.49. The number of methoxy groups -OCH3 is 1. The molecule has 1 aromatic rings. The van der Waals surface area contributed by atoms with Gasteiger partial charge in [-0.25, -0.2) is 4.39 Å². The van der Waals surface area contributed by atoms with Crippen LogP contribution in [0.1, 0.15) is 18.9 Å². The van der Waals surface area contributed by atoms with Gasteiger partial charge in [-0.05, 0) is 25.1 Å². The summed E-state index contributed by atoms with van der Waals surface area (Å²) in [6.45, 7) is 2.41. The number of ketones is 1. The predicted octanol–water partition coefficient (Wildman–Crippen LogP) is 2.08. The molecule has 0 aliphatic carbocycles. The van der Waals surface area contributed by atoms with Crippen LogP contribution in [0.4, 0.5) is 4.39 Å². The van der Waals surface area contributed by atoms with Crippen LogP contribution in [-0.4, -0.2) is 26.1 Å². The standard InChI is InChI=1S/C13H15FO3/c1-9(15)6-13(7-17-8-13)11-5-10(14)3-4-12(11)16-2/h3-5H,6-8H2,1-2H3. The molecule has 0 N–H and O–H groups in total. The third-order valence-electron chi connectivity index (χ3n) is 3.08. The summed E-state index contributed by atoms with van der Waals surface area (Å²) < 4.78 is 23.8. The number of hydrogen-bond donors (Lipinski definition) is 0. The quantitative estimate of drug-likeness (QED) is 0.805. The van der Waals surface area contributed by atoms with Crippen molar-refractivity contribution in [2.75, 3.05) is 20.3 Å². The van der Waals surface area contributed by atoms with Gasteiger partial charge in [-0.3, -0.25) is 4.79 Å². The van der Waals surface area contributed by atoms with E-state index in [9.17, 15) is 9.18 Å². The normalized spacial score (nSPS) is 17.4. The molecule has 3 nitrogen and oxygen atoms in total. The Labute approximate surface area is 99.5 Å². The van der Waals surface area contributed by atoms with Gasteiger partial charge in [0.05, 0.1) is 25.7 Å². The topological polar surface area (TPSA) is 35.5 Å². The molecule has 0 bridgehead atoms. The Morgan fingerprint density at radius 3 is 2.71 bits per heavy atom. The highest BCUT2D eigenvalue weighted by atomic mass is 19.1. The summed E-state index contributed by atoms with van der Waals surface area (Å²) in [5.41, 5.74) is 0.306. The van der Waals surface area contributed by atoms with Gasteiger partial charge in [0.15, 0.2) is 0 Å². The van der Waals surface area contributed by atoms with E-state index in [2.05, 4.69) is 0 Å². The SMILES string of the molecule is COc1ccc(F)cc1C1(CC(C)=O)COC1. The Balaban J connectivity index is 2.42. The second-order valence-corrected chi connectivity index (χ2v) is 4.50.